The minimum absolute atomic E-state index is 0.0159. The zero-order chi connectivity index (χ0) is 30.0. The molecule has 0 saturated carbocycles. The average molecular weight is 573 g/mol. The number of aromatic hydroxyl groups is 5. The zero-order valence-electron chi connectivity index (χ0n) is 21.5. The number of aliphatic hydroxyl groups is 3. The summed E-state index contributed by atoms with van der Waals surface area (Å²) in [5, 5.41) is 81.6. The standard InChI is InChI=1S/C28H28O13/c1-12-20(32)15(7-13-5-3-2-4-6-13)21(33)16(10-29)26(12)41-28-25(37)24(36)23(35)19(40-28)11-39-27(38)14-8-17(30)22(34)18(31)9-14/h2-6,8-10,19,23-25,28,30-37H,7,11H2,1H3. The molecular formula is C28H28O13. The van der Waals surface area contributed by atoms with Crippen molar-refractivity contribution in [2.24, 2.45) is 0 Å². The fraction of sp³-hybridized carbons (Fsp3) is 0.286. The van der Waals surface area contributed by atoms with Crippen LogP contribution in [0.15, 0.2) is 42.5 Å². The minimum Gasteiger partial charge on any atom is -0.507 e. The highest BCUT2D eigenvalue weighted by atomic mass is 16.7. The first kappa shape index (κ1) is 29.4. The first-order valence-electron chi connectivity index (χ1n) is 12.3. The van der Waals surface area contributed by atoms with Gasteiger partial charge in [0.05, 0.1) is 11.1 Å². The van der Waals surface area contributed by atoms with Crippen molar-refractivity contribution in [3.63, 3.8) is 0 Å². The molecule has 0 spiro atoms. The molecular weight excluding hydrogens is 544 g/mol. The van der Waals surface area contributed by atoms with Crippen molar-refractivity contribution < 1.29 is 64.7 Å². The molecule has 8 N–H and O–H groups in total. The van der Waals surface area contributed by atoms with Gasteiger partial charge in [-0.3, -0.25) is 4.79 Å². The van der Waals surface area contributed by atoms with Crippen molar-refractivity contribution in [1.82, 2.24) is 0 Å². The van der Waals surface area contributed by atoms with Crippen LogP contribution in [-0.4, -0.2) is 90.4 Å². The monoisotopic (exact) mass is 572 g/mol. The maximum Gasteiger partial charge on any atom is 0.338 e. The van der Waals surface area contributed by atoms with E-state index < -0.39 is 66.3 Å². The van der Waals surface area contributed by atoms with Crippen molar-refractivity contribution in [2.45, 2.75) is 44.1 Å². The number of aliphatic hydroxyl groups excluding tert-OH is 3. The third-order valence-corrected chi connectivity index (χ3v) is 6.70. The van der Waals surface area contributed by atoms with Gasteiger partial charge in [-0.15, -0.1) is 0 Å². The number of phenols is 5. The summed E-state index contributed by atoms with van der Waals surface area (Å²) in [5.74, 6) is -4.85. The van der Waals surface area contributed by atoms with Crippen LogP contribution in [0.4, 0.5) is 0 Å². The van der Waals surface area contributed by atoms with Crippen molar-refractivity contribution in [3.05, 3.63) is 70.3 Å². The van der Waals surface area contributed by atoms with E-state index in [0.29, 0.717) is 0 Å². The van der Waals surface area contributed by atoms with E-state index in [0.717, 1.165) is 17.7 Å². The van der Waals surface area contributed by atoms with E-state index in [-0.39, 0.29) is 46.5 Å². The predicted molar refractivity (Wildman–Crippen MR) is 138 cm³/mol. The van der Waals surface area contributed by atoms with Crippen LogP contribution < -0.4 is 4.74 Å². The van der Waals surface area contributed by atoms with Gasteiger partial charge in [0.15, 0.2) is 23.5 Å². The molecule has 0 bridgehead atoms. The zero-order valence-corrected chi connectivity index (χ0v) is 21.5. The lowest BCUT2D eigenvalue weighted by molar-refractivity contribution is -0.277. The van der Waals surface area contributed by atoms with Gasteiger partial charge in [-0.05, 0) is 24.6 Å². The number of ether oxygens (including phenoxy) is 3. The Kier molecular flexibility index (Phi) is 8.54. The van der Waals surface area contributed by atoms with Crippen LogP contribution in [0.5, 0.6) is 34.5 Å². The minimum atomic E-state index is -1.88. The number of carbonyl (C=O) groups excluding carboxylic acids is 2. The first-order valence-corrected chi connectivity index (χ1v) is 12.3. The number of hydrogen-bond donors (Lipinski definition) is 8. The van der Waals surface area contributed by atoms with Gasteiger partial charge in [0.1, 0.15) is 48.3 Å². The SMILES string of the molecule is Cc1c(O)c(Cc2ccccc2)c(O)c(C=O)c1OC1OC(COC(=O)c2cc(O)c(O)c(O)c2)C(O)C(O)C1O. The molecule has 13 nitrogen and oxygen atoms in total. The van der Waals surface area contributed by atoms with E-state index in [1.54, 1.807) is 30.3 Å². The van der Waals surface area contributed by atoms with E-state index >= 15 is 0 Å². The summed E-state index contributed by atoms with van der Waals surface area (Å²) in [7, 11) is 0. The Hall–Kier alpha value is -4.56. The van der Waals surface area contributed by atoms with Gasteiger partial charge in [0, 0.05) is 17.5 Å². The fourth-order valence-corrected chi connectivity index (χ4v) is 4.38. The number of hydrogen-bond acceptors (Lipinski definition) is 13. The van der Waals surface area contributed by atoms with E-state index in [1.807, 2.05) is 0 Å². The normalized spacial score (nSPS) is 22.2. The van der Waals surface area contributed by atoms with Crippen LogP contribution in [-0.2, 0) is 15.9 Å². The molecule has 1 heterocycles. The Morgan fingerprint density at radius 3 is 2.15 bits per heavy atom. The van der Waals surface area contributed by atoms with Gasteiger partial charge in [-0.1, -0.05) is 30.3 Å². The van der Waals surface area contributed by atoms with Crippen molar-refractivity contribution in [2.75, 3.05) is 6.61 Å². The Morgan fingerprint density at radius 2 is 1.54 bits per heavy atom. The summed E-state index contributed by atoms with van der Waals surface area (Å²) in [5.41, 5.74) is 0.0881. The molecule has 13 heteroatoms. The predicted octanol–water partition coefficient (Wildman–Crippen LogP) is 0.970. The van der Waals surface area contributed by atoms with Crippen LogP contribution >= 0.6 is 0 Å². The fourth-order valence-electron chi connectivity index (χ4n) is 4.38. The molecule has 1 fully saturated rings. The van der Waals surface area contributed by atoms with Crippen molar-refractivity contribution >= 4 is 12.3 Å². The quantitative estimate of drug-likeness (QED) is 0.107. The van der Waals surface area contributed by atoms with E-state index in [9.17, 15) is 50.4 Å². The number of aldehydes is 1. The van der Waals surface area contributed by atoms with Gasteiger partial charge in [-0.25, -0.2) is 4.79 Å². The molecule has 0 aliphatic carbocycles. The number of benzene rings is 3. The Balaban J connectivity index is 1.56. The van der Waals surface area contributed by atoms with Gasteiger partial charge in [-0.2, -0.15) is 0 Å². The third-order valence-electron chi connectivity index (χ3n) is 6.70. The second kappa shape index (κ2) is 11.9. The summed E-state index contributed by atoms with van der Waals surface area (Å²) >= 11 is 0. The summed E-state index contributed by atoms with van der Waals surface area (Å²) in [4.78, 5) is 24.4. The first-order chi connectivity index (χ1) is 19.4. The summed E-state index contributed by atoms with van der Waals surface area (Å²) in [6, 6.07) is 10.5. The van der Waals surface area contributed by atoms with E-state index in [1.165, 1.54) is 6.92 Å². The second-order valence-corrected chi connectivity index (χ2v) is 9.42. The third kappa shape index (κ3) is 5.83. The molecule has 1 aliphatic rings. The lowest BCUT2D eigenvalue weighted by Crippen LogP contribution is -2.60. The summed E-state index contributed by atoms with van der Waals surface area (Å²) in [6.45, 7) is 0.686. The Labute approximate surface area is 232 Å². The maximum atomic E-state index is 12.4. The Morgan fingerprint density at radius 1 is 0.902 bits per heavy atom. The number of rotatable bonds is 8. The molecule has 4 rings (SSSR count). The molecule has 218 valence electrons. The van der Waals surface area contributed by atoms with Gasteiger partial charge < -0.3 is 55.1 Å². The van der Waals surface area contributed by atoms with Crippen LogP contribution in [0.2, 0.25) is 0 Å². The number of phenolic OH excluding ortho intramolecular Hbond substituents is 5. The maximum absolute atomic E-state index is 12.4. The van der Waals surface area contributed by atoms with Crippen LogP contribution in [0.25, 0.3) is 0 Å². The summed E-state index contributed by atoms with van der Waals surface area (Å²) in [6.07, 6.45) is -8.42. The molecule has 41 heavy (non-hydrogen) atoms. The molecule has 1 saturated heterocycles. The van der Waals surface area contributed by atoms with Crippen LogP contribution in [0.1, 0.15) is 37.4 Å². The molecule has 0 radical (unpaired) electrons. The summed E-state index contributed by atoms with van der Waals surface area (Å²) < 4.78 is 16.2. The van der Waals surface area contributed by atoms with Crippen LogP contribution in [0.3, 0.4) is 0 Å². The molecule has 3 aromatic carbocycles. The highest BCUT2D eigenvalue weighted by molar-refractivity contribution is 5.91. The lowest BCUT2D eigenvalue weighted by Gasteiger charge is -2.40. The largest absolute Gasteiger partial charge is 0.507 e. The lowest BCUT2D eigenvalue weighted by atomic mass is 9.96. The molecule has 0 aromatic heterocycles. The second-order valence-electron chi connectivity index (χ2n) is 9.42. The number of carbonyl (C=O) groups is 2. The van der Waals surface area contributed by atoms with Crippen molar-refractivity contribution in [3.8, 4) is 34.5 Å². The van der Waals surface area contributed by atoms with Crippen molar-refractivity contribution in [1.29, 1.82) is 0 Å². The van der Waals surface area contributed by atoms with E-state index in [4.69, 9.17) is 14.2 Å². The average Bonchev–Trinajstić information content (AvgIpc) is 2.96. The van der Waals surface area contributed by atoms with Crippen LogP contribution in [0, 0.1) is 6.92 Å². The van der Waals surface area contributed by atoms with E-state index in [2.05, 4.69) is 0 Å². The molecule has 5 atom stereocenters. The molecule has 5 unspecified atom stereocenters. The van der Waals surface area contributed by atoms with Gasteiger partial charge in [0.2, 0.25) is 6.29 Å². The topological polar surface area (TPSA) is 224 Å². The highest BCUT2D eigenvalue weighted by Crippen LogP contribution is 2.43. The molecule has 1 aliphatic heterocycles. The van der Waals surface area contributed by atoms with Gasteiger partial charge >= 0.3 is 5.97 Å². The highest BCUT2D eigenvalue weighted by Gasteiger charge is 2.46. The smallest absolute Gasteiger partial charge is 0.338 e. The molecule has 0 amide bonds. The van der Waals surface area contributed by atoms with Gasteiger partial charge in [0.25, 0.3) is 0 Å². The molecule has 3 aromatic rings. The Bertz CT molecular complexity index is 1420. The number of esters is 1.